The van der Waals surface area contributed by atoms with Crippen LogP contribution in [0, 0.1) is 29.1 Å². The normalized spacial score (nSPS) is 33.9. The van der Waals surface area contributed by atoms with Gasteiger partial charge in [0.05, 0.1) is 12.6 Å². The minimum absolute atomic E-state index is 0.0648. The molecule has 5 nitrogen and oxygen atoms in total. The van der Waals surface area contributed by atoms with Crippen LogP contribution in [-0.4, -0.2) is 42.9 Å². The summed E-state index contributed by atoms with van der Waals surface area (Å²) in [6, 6.07) is 4.50. The summed E-state index contributed by atoms with van der Waals surface area (Å²) in [7, 11) is 0. The molecule has 1 saturated heterocycles. The number of likely N-dealkylation sites (tertiary alicyclic amines) is 1. The van der Waals surface area contributed by atoms with Gasteiger partial charge in [-0.2, -0.15) is 0 Å². The van der Waals surface area contributed by atoms with Gasteiger partial charge in [0, 0.05) is 16.8 Å². The highest BCUT2D eigenvalue weighted by molar-refractivity contribution is 7.10. The van der Waals surface area contributed by atoms with Crippen molar-refractivity contribution >= 4 is 23.2 Å². The molecular weight excluding hydrogens is 406 g/mol. The van der Waals surface area contributed by atoms with Crippen molar-refractivity contribution in [1.82, 2.24) is 15.5 Å². The molecule has 0 aromatic carbocycles. The van der Waals surface area contributed by atoms with Crippen LogP contribution in [0.4, 0.5) is 0 Å². The predicted molar refractivity (Wildman–Crippen MR) is 124 cm³/mol. The molecule has 1 aromatic heterocycles. The van der Waals surface area contributed by atoms with E-state index in [1.54, 1.807) is 11.3 Å². The lowest BCUT2D eigenvalue weighted by Crippen LogP contribution is -2.54. The zero-order valence-corrected chi connectivity index (χ0v) is 19.6. The monoisotopic (exact) mass is 443 g/mol. The van der Waals surface area contributed by atoms with Crippen LogP contribution in [0.25, 0.3) is 0 Å². The summed E-state index contributed by atoms with van der Waals surface area (Å²) in [5.41, 5.74) is -0.182. The lowest BCUT2D eigenvalue weighted by atomic mass is 9.49. The molecule has 4 saturated carbocycles. The second-order valence-electron chi connectivity index (χ2n) is 10.9. The largest absolute Gasteiger partial charge is 0.353 e. The fourth-order valence-electron chi connectivity index (χ4n) is 7.24. The first-order valence-electron chi connectivity index (χ1n) is 12.3. The minimum Gasteiger partial charge on any atom is -0.353 e. The predicted octanol–water partition coefficient (Wildman–Crippen LogP) is 3.97. The summed E-state index contributed by atoms with van der Waals surface area (Å²) in [6.07, 6.45) is 9.54. The van der Waals surface area contributed by atoms with Crippen LogP contribution in [0.2, 0.25) is 0 Å². The van der Waals surface area contributed by atoms with Gasteiger partial charge in [-0.3, -0.25) is 14.5 Å². The average Bonchev–Trinajstić information content (AvgIpc) is 3.27. The Hall–Kier alpha value is -1.40. The highest BCUT2D eigenvalue weighted by atomic mass is 32.1. The van der Waals surface area contributed by atoms with Crippen LogP contribution >= 0.6 is 11.3 Å². The van der Waals surface area contributed by atoms with Crippen molar-refractivity contribution in [2.24, 2.45) is 29.1 Å². The van der Waals surface area contributed by atoms with E-state index in [9.17, 15) is 9.59 Å². The Labute approximate surface area is 190 Å². The molecule has 2 N–H and O–H groups in total. The summed E-state index contributed by atoms with van der Waals surface area (Å²) in [4.78, 5) is 29.6. The highest BCUT2D eigenvalue weighted by Gasteiger charge is 2.54. The number of carbonyl (C=O) groups is 2. The molecule has 0 radical (unpaired) electrons. The van der Waals surface area contributed by atoms with E-state index in [1.807, 2.05) is 0 Å². The van der Waals surface area contributed by atoms with Crippen molar-refractivity contribution in [3.8, 4) is 0 Å². The van der Waals surface area contributed by atoms with Crippen molar-refractivity contribution in [1.29, 1.82) is 0 Å². The molecule has 0 spiro atoms. The maximum Gasteiger partial charge on any atom is 0.239 e. The van der Waals surface area contributed by atoms with Crippen LogP contribution in [0.1, 0.15) is 69.2 Å². The van der Waals surface area contributed by atoms with E-state index in [2.05, 4.69) is 40.0 Å². The topological polar surface area (TPSA) is 61.4 Å². The quantitative estimate of drug-likeness (QED) is 0.670. The summed E-state index contributed by atoms with van der Waals surface area (Å²) >= 11 is 1.76. The van der Waals surface area contributed by atoms with E-state index >= 15 is 0 Å². The van der Waals surface area contributed by atoms with E-state index < -0.39 is 0 Å². The Balaban J connectivity index is 1.13. The molecule has 4 bridgehead atoms. The van der Waals surface area contributed by atoms with Crippen LogP contribution in [0.3, 0.4) is 0 Å². The van der Waals surface area contributed by atoms with Gasteiger partial charge in [-0.15, -0.1) is 11.3 Å². The Morgan fingerprint density at radius 1 is 1.10 bits per heavy atom. The smallest absolute Gasteiger partial charge is 0.239 e. The molecule has 31 heavy (non-hydrogen) atoms. The molecule has 170 valence electrons. The molecule has 2 amide bonds. The Kier molecular flexibility index (Phi) is 6.13. The van der Waals surface area contributed by atoms with Crippen molar-refractivity contribution in [2.75, 3.05) is 26.2 Å². The third kappa shape index (κ3) is 4.56. The molecule has 5 aliphatic rings. The summed E-state index contributed by atoms with van der Waals surface area (Å²) in [5.74, 6) is 3.08. The summed E-state index contributed by atoms with van der Waals surface area (Å²) in [6.45, 7) is 5.21. The second kappa shape index (κ2) is 8.86. The van der Waals surface area contributed by atoms with Crippen LogP contribution in [-0.2, 0) is 9.59 Å². The minimum atomic E-state index is -0.182. The molecule has 5 fully saturated rings. The van der Waals surface area contributed by atoms with Crippen molar-refractivity contribution < 1.29 is 9.59 Å². The van der Waals surface area contributed by atoms with E-state index in [1.165, 1.54) is 37.0 Å². The van der Waals surface area contributed by atoms with Crippen LogP contribution in [0.15, 0.2) is 17.5 Å². The second-order valence-corrected chi connectivity index (χ2v) is 11.9. The van der Waals surface area contributed by atoms with Gasteiger partial charge < -0.3 is 10.6 Å². The first-order valence-corrected chi connectivity index (χ1v) is 13.2. The van der Waals surface area contributed by atoms with Gasteiger partial charge in [0.1, 0.15) is 0 Å². The number of nitrogens with one attached hydrogen (secondary N) is 2. The van der Waals surface area contributed by atoms with Gasteiger partial charge in [-0.1, -0.05) is 13.0 Å². The van der Waals surface area contributed by atoms with E-state index in [0.29, 0.717) is 6.54 Å². The zero-order valence-electron chi connectivity index (χ0n) is 18.8. The lowest BCUT2D eigenvalue weighted by Gasteiger charge is -2.55. The number of nitrogens with zero attached hydrogens (tertiary/aromatic N) is 1. The van der Waals surface area contributed by atoms with Gasteiger partial charge in [-0.25, -0.2) is 0 Å². The summed E-state index contributed by atoms with van der Waals surface area (Å²) < 4.78 is 0. The Bertz CT molecular complexity index is 749. The number of hydrogen-bond acceptors (Lipinski definition) is 4. The third-order valence-corrected chi connectivity index (χ3v) is 9.53. The molecule has 4 aliphatic carbocycles. The fourth-order valence-corrected chi connectivity index (χ4v) is 8.10. The molecule has 1 aromatic rings. The maximum absolute atomic E-state index is 13.1. The van der Waals surface area contributed by atoms with E-state index in [0.717, 1.165) is 56.0 Å². The average molecular weight is 444 g/mol. The molecule has 1 aliphatic heterocycles. The SMILES string of the molecule is CC1CCN([C@H](CNC(=O)CNC(=O)C23CC4CC(CC(C4)C2)C3)c2cccs2)CC1. The molecule has 0 unspecified atom stereocenters. The van der Waals surface area contributed by atoms with Gasteiger partial charge >= 0.3 is 0 Å². The third-order valence-electron chi connectivity index (χ3n) is 8.55. The van der Waals surface area contributed by atoms with Crippen molar-refractivity contribution in [3.05, 3.63) is 22.4 Å². The van der Waals surface area contributed by atoms with Crippen LogP contribution in [0.5, 0.6) is 0 Å². The summed E-state index contributed by atoms with van der Waals surface area (Å²) in [5, 5.41) is 8.25. The van der Waals surface area contributed by atoms with Gasteiger partial charge in [0.25, 0.3) is 0 Å². The van der Waals surface area contributed by atoms with Gasteiger partial charge in [-0.05, 0) is 99.6 Å². The molecule has 6 rings (SSSR count). The molecule has 1 atom stereocenters. The number of hydrogen-bond donors (Lipinski definition) is 2. The number of thiophene rings is 1. The van der Waals surface area contributed by atoms with Crippen LogP contribution < -0.4 is 10.6 Å². The number of carbonyl (C=O) groups excluding carboxylic acids is 2. The molecule has 2 heterocycles. The van der Waals surface area contributed by atoms with Gasteiger partial charge in [0.2, 0.25) is 11.8 Å². The lowest BCUT2D eigenvalue weighted by molar-refractivity contribution is -0.147. The fraction of sp³-hybridized carbons (Fsp3) is 0.760. The Morgan fingerprint density at radius 3 is 2.32 bits per heavy atom. The zero-order chi connectivity index (χ0) is 21.4. The standard InChI is InChI=1S/C25H37N3O2S/c1-17-4-6-28(7-5-17)21(22-3-2-8-31-22)15-26-23(29)16-27-24(30)25-12-18-9-19(13-25)11-20(10-18)14-25/h2-3,8,17-21H,4-7,9-16H2,1H3,(H,26,29)(H,27,30)/t18?,19?,20?,21-,25?/m1/s1. The van der Waals surface area contributed by atoms with Crippen molar-refractivity contribution in [3.63, 3.8) is 0 Å². The molecular formula is C25H37N3O2S. The Morgan fingerprint density at radius 2 is 1.74 bits per heavy atom. The first-order chi connectivity index (χ1) is 15.0. The molecule has 6 heteroatoms. The highest BCUT2D eigenvalue weighted by Crippen LogP contribution is 2.60. The van der Waals surface area contributed by atoms with Gasteiger partial charge in [0.15, 0.2) is 0 Å². The van der Waals surface area contributed by atoms with E-state index in [-0.39, 0.29) is 29.8 Å². The first kappa shape index (κ1) is 21.4. The number of amides is 2. The maximum atomic E-state index is 13.1. The van der Waals surface area contributed by atoms with E-state index in [4.69, 9.17) is 0 Å². The number of piperidine rings is 1. The number of rotatable bonds is 7. The van der Waals surface area contributed by atoms with Crippen molar-refractivity contribution in [2.45, 2.75) is 64.3 Å².